The molecular formula is C19H29N5O3S2. The maximum Gasteiger partial charge on any atom is 0.245 e. The maximum atomic E-state index is 13.1. The van der Waals surface area contributed by atoms with Crippen molar-refractivity contribution in [2.45, 2.75) is 38.0 Å². The van der Waals surface area contributed by atoms with Crippen LogP contribution in [-0.4, -0.2) is 71.5 Å². The number of carbonyl (C=O) groups is 1. The van der Waals surface area contributed by atoms with Gasteiger partial charge in [-0.05, 0) is 51.0 Å². The Hall–Kier alpha value is -1.62. The van der Waals surface area contributed by atoms with Crippen LogP contribution in [0.4, 0.5) is 0 Å². The van der Waals surface area contributed by atoms with E-state index in [9.17, 15) is 13.2 Å². The summed E-state index contributed by atoms with van der Waals surface area (Å²) in [5.74, 6) is -0.0981. The Morgan fingerprint density at radius 2 is 1.97 bits per heavy atom. The van der Waals surface area contributed by atoms with E-state index in [1.807, 2.05) is 0 Å². The lowest BCUT2D eigenvalue weighted by Crippen LogP contribution is -2.43. The van der Waals surface area contributed by atoms with E-state index in [1.165, 1.54) is 4.31 Å². The third kappa shape index (κ3) is 5.11. The van der Waals surface area contributed by atoms with Crippen LogP contribution in [0.2, 0.25) is 0 Å². The van der Waals surface area contributed by atoms with Crippen LogP contribution in [0.15, 0.2) is 23.1 Å². The van der Waals surface area contributed by atoms with Crippen LogP contribution in [0.3, 0.4) is 0 Å². The molecule has 1 N–H and O–H groups in total. The Kier molecular flexibility index (Phi) is 7.55. The van der Waals surface area contributed by atoms with Gasteiger partial charge >= 0.3 is 0 Å². The number of hydrogen-bond acceptors (Lipinski definition) is 7. The minimum Gasteiger partial charge on any atom is -0.356 e. The molecule has 0 saturated carbocycles. The number of hydrogen-bond donors (Lipinski definition) is 1. The van der Waals surface area contributed by atoms with E-state index >= 15 is 0 Å². The van der Waals surface area contributed by atoms with Crippen LogP contribution in [0.25, 0.3) is 11.0 Å². The Morgan fingerprint density at radius 3 is 2.66 bits per heavy atom. The monoisotopic (exact) mass is 439 g/mol. The summed E-state index contributed by atoms with van der Waals surface area (Å²) in [4.78, 5) is 15.0. The average molecular weight is 440 g/mol. The number of nitrogens with zero attached hydrogens (tertiary/aromatic N) is 4. The van der Waals surface area contributed by atoms with Gasteiger partial charge in [0.15, 0.2) is 0 Å². The number of sulfonamides is 1. The number of benzene rings is 1. The zero-order chi connectivity index (χ0) is 20.9. The fourth-order valence-electron chi connectivity index (χ4n) is 3.69. The highest BCUT2D eigenvalue weighted by Crippen LogP contribution is 2.28. The molecule has 8 nitrogen and oxygen atoms in total. The van der Waals surface area contributed by atoms with Crippen LogP contribution < -0.4 is 5.32 Å². The second-order valence-electron chi connectivity index (χ2n) is 7.24. The van der Waals surface area contributed by atoms with Gasteiger partial charge in [0, 0.05) is 25.6 Å². The molecule has 1 aliphatic rings. The van der Waals surface area contributed by atoms with Crippen molar-refractivity contribution in [2.24, 2.45) is 5.92 Å². The van der Waals surface area contributed by atoms with Crippen molar-refractivity contribution in [2.75, 3.05) is 39.3 Å². The number of nitrogens with one attached hydrogen (secondary N) is 1. The molecule has 0 bridgehead atoms. The van der Waals surface area contributed by atoms with E-state index in [0.717, 1.165) is 37.8 Å². The summed E-state index contributed by atoms with van der Waals surface area (Å²) in [5.41, 5.74) is 1.01. The van der Waals surface area contributed by atoms with Gasteiger partial charge in [-0.25, -0.2) is 8.42 Å². The lowest BCUT2D eigenvalue weighted by atomic mass is 9.97. The molecule has 1 saturated heterocycles. The van der Waals surface area contributed by atoms with E-state index in [2.05, 4.69) is 32.8 Å². The van der Waals surface area contributed by atoms with E-state index in [-0.39, 0.29) is 16.7 Å². The van der Waals surface area contributed by atoms with Crippen LogP contribution in [-0.2, 0) is 14.8 Å². The maximum absolute atomic E-state index is 13.1. The van der Waals surface area contributed by atoms with Crippen molar-refractivity contribution in [1.29, 1.82) is 0 Å². The lowest BCUT2D eigenvalue weighted by Gasteiger charge is -2.30. The Balaban J connectivity index is 1.52. The first-order valence-electron chi connectivity index (χ1n) is 10.2. The van der Waals surface area contributed by atoms with Gasteiger partial charge < -0.3 is 10.2 Å². The SMILES string of the molecule is CCN(CC)CCCNC(=O)C1CCN(S(=O)(=O)c2cccc3nsnc23)CC1. The molecule has 0 atom stereocenters. The zero-order valence-electron chi connectivity index (χ0n) is 17.0. The molecule has 3 rings (SSSR count). The standard InChI is InChI=1S/C19H29N5O3S2/c1-3-23(4-2)12-6-11-20-19(25)15-9-13-24(14-10-15)29(26,27)17-8-5-7-16-18(17)22-28-21-16/h5,7-8,15H,3-4,6,9-14H2,1-2H3,(H,20,25). The van der Waals surface area contributed by atoms with E-state index in [0.29, 0.717) is 43.5 Å². The molecule has 1 aromatic heterocycles. The summed E-state index contributed by atoms with van der Waals surface area (Å²) in [7, 11) is -3.64. The largest absolute Gasteiger partial charge is 0.356 e. The lowest BCUT2D eigenvalue weighted by molar-refractivity contribution is -0.126. The molecule has 0 spiro atoms. The van der Waals surface area contributed by atoms with Gasteiger partial charge in [-0.15, -0.1) is 0 Å². The first-order chi connectivity index (χ1) is 14.0. The summed E-state index contributed by atoms with van der Waals surface area (Å²) >= 11 is 1.01. The van der Waals surface area contributed by atoms with Gasteiger partial charge in [-0.3, -0.25) is 4.79 Å². The third-order valence-corrected chi connectivity index (χ3v) is 8.01. The van der Waals surface area contributed by atoms with Crippen molar-refractivity contribution in [3.05, 3.63) is 18.2 Å². The molecule has 160 valence electrons. The number of piperidine rings is 1. The molecule has 2 heterocycles. The van der Waals surface area contributed by atoms with Crippen LogP contribution in [0.1, 0.15) is 33.1 Å². The molecule has 10 heteroatoms. The van der Waals surface area contributed by atoms with Gasteiger partial charge in [0.2, 0.25) is 15.9 Å². The fraction of sp³-hybridized carbons (Fsp3) is 0.632. The zero-order valence-corrected chi connectivity index (χ0v) is 18.6. The number of rotatable bonds is 9. The molecule has 0 unspecified atom stereocenters. The normalized spacial score (nSPS) is 16.5. The summed E-state index contributed by atoms with van der Waals surface area (Å²) < 4.78 is 35.9. The van der Waals surface area contributed by atoms with Crippen molar-refractivity contribution in [3.63, 3.8) is 0 Å². The Morgan fingerprint density at radius 1 is 1.24 bits per heavy atom. The molecule has 29 heavy (non-hydrogen) atoms. The molecular weight excluding hydrogens is 410 g/mol. The molecule has 0 aliphatic carbocycles. The third-order valence-electron chi connectivity index (χ3n) is 5.54. The summed E-state index contributed by atoms with van der Waals surface area (Å²) in [5, 5.41) is 3.01. The highest BCUT2D eigenvalue weighted by molar-refractivity contribution is 7.89. The predicted molar refractivity (Wildman–Crippen MR) is 114 cm³/mol. The van der Waals surface area contributed by atoms with Gasteiger partial charge in [-0.1, -0.05) is 19.9 Å². The van der Waals surface area contributed by atoms with Gasteiger partial charge in [0.1, 0.15) is 15.9 Å². The number of amides is 1. The summed E-state index contributed by atoms with van der Waals surface area (Å²) in [6, 6.07) is 5.03. The van der Waals surface area contributed by atoms with Crippen LogP contribution in [0, 0.1) is 5.92 Å². The topological polar surface area (TPSA) is 95.5 Å². The van der Waals surface area contributed by atoms with Crippen LogP contribution in [0.5, 0.6) is 0 Å². The fourth-order valence-corrected chi connectivity index (χ4v) is 5.91. The summed E-state index contributed by atoms with van der Waals surface area (Å²) in [6.07, 6.45) is 1.99. The van der Waals surface area contributed by atoms with Crippen molar-refractivity contribution < 1.29 is 13.2 Å². The second-order valence-corrected chi connectivity index (χ2v) is 9.67. The smallest absolute Gasteiger partial charge is 0.245 e. The minimum absolute atomic E-state index is 0.0346. The summed E-state index contributed by atoms with van der Waals surface area (Å²) in [6.45, 7) is 8.62. The molecule has 1 aliphatic heterocycles. The first-order valence-corrected chi connectivity index (χ1v) is 12.4. The van der Waals surface area contributed by atoms with Crippen LogP contribution >= 0.6 is 11.7 Å². The highest BCUT2D eigenvalue weighted by Gasteiger charge is 2.33. The molecule has 1 aromatic carbocycles. The highest BCUT2D eigenvalue weighted by atomic mass is 32.2. The van der Waals surface area contributed by atoms with Gasteiger partial charge in [0.25, 0.3) is 0 Å². The predicted octanol–water partition coefficient (Wildman–Crippen LogP) is 1.94. The van der Waals surface area contributed by atoms with Gasteiger partial charge in [0.05, 0.1) is 11.7 Å². The quantitative estimate of drug-likeness (QED) is 0.600. The first kappa shape index (κ1) is 22.1. The Labute approximate surface area is 176 Å². The molecule has 1 amide bonds. The van der Waals surface area contributed by atoms with Crippen molar-refractivity contribution in [1.82, 2.24) is 23.3 Å². The molecule has 0 radical (unpaired) electrons. The minimum atomic E-state index is -3.64. The molecule has 2 aromatic rings. The Bertz CT molecular complexity index is 919. The van der Waals surface area contributed by atoms with E-state index in [4.69, 9.17) is 0 Å². The number of carbonyl (C=O) groups excluding carboxylic acids is 1. The van der Waals surface area contributed by atoms with Gasteiger partial charge in [-0.2, -0.15) is 13.1 Å². The van der Waals surface area contributed by atoms with E-state index in [1.54, 1.807) is 18.2 Å². The molecule has 1 fully saturated rings. The number of aromatic nitrogens is 2. The van der Waals surface area contributed by atoms with Crippen molar-refractivity contribution in [3.8, 4) is 0 Å². The second kappa shape index (κ2) is 9.92. The number of fused-ring (bicyclic) bond motifs is 1. The van der Waals surface area contributed by atoms with Crippen molar-refractivity contribution >= 4 is 38.7 Å². The average Bonchev–Trinajstić information content (AvgIpc) is 3.22. The van der Waals surface area contributed by atoms with E-state index < -0.39 is 10.0 Å².